The predicted octanol–water partition coefficient (Wildman–Crippen LogP) is 5.03. The van der Waals surface area contributed by atoms with E-state index in [1.807, 2.05) is 48.5 Å². The van der Waals surface area contributed by atoms with E-state index in [2.05, 4.69) is 29.4 Å². The molecule has 0 atom stereocenters. The molecular formula is C26H28N2O3S. The maximum absolute atomic E-state index is 13.0. The summed E-state index contributed by atoms with van der Waals surface area (Å²) in [4.78, 5) is 18.3. The minimum Gasteiger partial charge on any atom is -0.496 e. The van der Waals surface area contributed by atoms with Crippen molar-refractivity contribution in [1.82, 2.24) is 10.3 Å². The van der Waals surface area contributed by atoms with Crippen molar-refractivity contribution in [1.29, 1.82) is 0 Å². The average Bonchev–Trinajstić information content (AvgIpc) is 2.84. The van der Waals surface area contributed by atoms with E-state index in [-0.39, 0.29) is 11.3 Å². The number of carbonyl (C=O) groups excluding carboxylic acids is 1. The molecule has 4 rings (SSSR count). The van der Waals surface area contributed by atoms with Gasteiger partial charge in [-0.2, -0.15) is 0 Å². The summed E-state index contributed by atoms with van der Waals surface area (Å²) in [5, 5.41) is 4.11. The molecule has 0 saturated carbocycles. The summed E-state index contributed by atoms with van der Waals surface area (Å²) in [6.45, 7) is 3.97. The Morgan fingerprint density at radius 2 is 1.91 bits per heavy atom. The first-order valence-corrected chi connectivity index (χ1v) is 11.6. The van der Waals surface area contributed by atoms with Crippen molar-refractivity contribution < 1.29 is 14.3 Å². The zero-order chi connectivity index (χ0) is 22.4. The summed E-state index contributed by atoms with van der Waals surface area (Å²) in [6.07, 6.45) is 3.46. The average molecular weight is 449 g/mol. The number of nitrogens with zero attached hydrogens (tertiary/aromatic N) is 1. The van der Waals surface area contributed by atoms with Gasteiger partial charge >= 0.3 is 0 Å². The zero-order valence-corrected chi connectivity index (χ0v) is 19.3. The third kappa shape index (κ3) is 5.14. The van der Waals surface area contributed by atoms with Crippen LogP contribution < -0.4 is 10.1 Å². The second-order valence-corrected chi connectivity index (χ2v) is 9.17. The van der Waals surface area contributed by atoms with E-state index in [4.69, 9.17) is 9.47 Å². The van der Waals surface area contributed by atoms with Crippen LogP contribution in [0.5, 0.6) is 5.75 Å². The number of amides is 1. The van der Waals surface area contributed by atoms with Gasteiger partial charge in [-0.25, -0.2) is 4.98 Å². The highest BCUT2D eigenvalue weighted by Crippen LogP contribution is 2.40. The van der Waals surface area contributed by atoms with Crippen LogP contribution in [0.3, 0.4) is 0 Å². The van der Waals surface area contributed by atoms with Crippen molar-refractivity contribution in [2.45, 2.75) is 35.1 Å². The van der Waals surface area contributed by atoms with Gasteiger partial charge in [0.15, 0.2) is 0 Å². The van der Waals surface area contributed by atoms with Gasteiger partial charge < -0.3 is 14.8 Å². The molecule has 166 valence electrons. The van der Waals surface area contributed by atoms with Crippen molar-refractivity contribution in [2.75, 3.05) is 26.9 Å². The SMILES string of the molecule is COc1ccc(C)cc1C1(CNC(=O)c2ccc(Sc3ccccn3)cc2)CCOCC1. The monoisotopic (exact) mass is 448 g/mol. The second kappa shape index (κ2) is 10.2. The van der Waals surface area contributed by atoms with Crippen molar-refractivity contribution in [2.24, 2.45) is 0 Å². The van der Waals surface area contributed by atoms with Crippen LogP contribution in [0.25, 0.3) is 0 Å². The number of hydrogen-bond acceptors (Lipinski definition) is 5. The molecule has 1 aromatic heterocycles. The van der Waals surface area contributed by atoms with Crippen LogP contribution in [0.2, 0.25) is 0 Å². The molecule has 5 nitrogen and oxygen atoms in total. The fourth-order valence-corrected chi connectivity index (χ4v) is 4.87. The molecule has 3 aromatic rings. The Morgan fingerprint density at radius 3 is 2.59 bits per heavy atom. The molecule has 0 bridgehead atoms. The number of carbonyl (C=O) groups is 1. The fraction of sp³-hybridized carbons (Fsp3) is 0.308. The van der Waals surface area contributed by atoms with Gasteiger partial charge in [0, 0.05) is 47.4 Å². The van der Waals surface area contributed by atoms with Crippen molar-refractivity contribution >= 4 is 17.7 Å². The van der Waals surface area contributed by atoms with Crippen LogP contribution in [-0.4, -0.2) is 37.8 Å². The van der Waals surface area contributed by atoms with Crippen LogP contribution in [0.15, 0.2) is 76.8 Å². The lowest BCUT2D eigenvalue weighted by Crippen LogP contribution is -2.44. The topological polar surface area (TPSA) is 60.5 Å². The Balaban J connectivity index is 1.48. The summed E-state index contributed by atoms with van der Waals surface area (Å²) in [5.41, 5.74) is 2.76. The summed E-state index contributed by atoms with van der Waals surface area (Å²) in [6, 6.07) is 19.7. The number of rotatable bonds is 7. The maximum atomic E-state index is 13.0. The molecule has 32 heavy (non-hydrogen) atoms. The summed E-state index contributed by atoms with van der Waals surface area (Å²) >= 11 is 1.58. The molecule has 1 N–H and O–H groups in total. The molecule has 1 fully saturated rings. The third-order valence-corrected chi connectivity index (χ3v) is 6.90. The van der Waals surface area contributed by atoms with E-state index in [1.54, 1.807) is 25.1 Å². The Kier molecular flexibility index (Phi) is 7.12. The summed E-state index contributed by atoms with van der Waals surface area (Å²) in [7, 11) is 1.70. The predicted molar refractivity (Wildman–Crippen MR) is 127 cm³/mol. The molecule has 1 saturated heterocycles. The van der Waals surface area contributed by atoms with Gasteiger partial charge in [-0.1, -0.05) is 35.5 Å². The number of nitrogens with one attached hydrogen (secondary N) is 1. The molecule has 2 aromatic carbocycles. The number of aromatic nitrogens is 1. The lowest BCUT2D eigenvalue weighted by molar-refractivity contribution is 0.0479. The number of benzene rings is 2. The lowest BCUT2D eigenvalue weighted by Gasteiger charge is -2.38. The number of hydrogen-bond donors (Lipinski definition) is 1. The van der Waals surface area contributed by atoms with Gasteiger partial charge in [0.2, 0.25) is 0 Å². The Bertz CT molecular complexity index is 1050. The highest BCUT2D eigenvalue weighted by atomic mass is 32.2. The number of pyridine rings is 1. The van der Waals surface area contributed by atoms with Crippen molar-refractivity contribution in [3.63, 3.8) is 0 Å². The smallest absolute Gasteiger partial charge is 0.251 e. The minimum atomic E-state index is -0.208. The molecular weight excluding hydrogens is 420 g/mol. The lowest BCUT2D eigenvalue weighted by atomic mass is 9.73. The number of methoxy groups -OCH3 is 1. The minimum absolute atomic E-state index is 0.0723. The number of ether oxygens (including phenoxy) is 2. The van der Waals surface area contributed by atoms with Crippen molar-refractivity contribution in [3.05, 3.63) is 83.6 Å². The Labute approximate surface area is 193 Å². The quantitative estimate of drug-likeness (QED) is 0.549. The van der Waals surface area contributed by atoms with E-state index in [0.717, 1.165) is 34.1 Å². The summed E-state index contributed by atoms with van der Waals surface area (Å²) in [5.74, 6) is 0.791. The normalized spacial score (nSPS) is 15.2. The first-order chi connectivity index (χ1) is 15.6. The van der Waals surface area contributed by atoms with Crippen LogP contribution in [-0.2, 0) is 10.2 Å². The largest absolute Gasteiger partial charge is 0.496 e. The van der Waals surface area contributed by atoms with E-state index < -0.39 is 0 Å². The standard InChI is InChI=1S/C26H28N2O3S/c1-19-6-11-23(30-2)22(17-19)26(12-15-31-16-13-26)18-28-25(29)20-7-9-21(10-8-20)32-24-5-3-4-14-27-24/h3-11,14,17H,12-13,15-16,18H2,1-2H3,(H,28,29). The van der Waals surface area contributed by atoms with Crippen LogP contribution in [0.4, 0.5) is 0 Å². The van der Waals surface area contributed by atoms with Crippen LogP contribution >= 0.6 is 11.8 Å². The molecule has 1 aliphatic rings. The van der Waals surface area contributed by atoms with Gasteiger partial charge in [-0.15, -0.1) is 0 Å². The molecule has 0 spiro atoms. The van der Waals surface area contributed by atoms with E-state index >= 15 is 0 Å². The highest BCUT2D eigenvalue weighted by molar-refractivity contribution is 7.99. The van der Waals surface area contributed by atoms with E-state index in [9.17, 15) is 4.79 Å². The van der Waals surface area contributed by atoms with Crippen molar-refractivity contribution in [3.8, 4) is 5.75 Å². The number of aryl methyl sites for hydroxylation is 1. The fourth-order valence-electron chi connectivity index (χ4n) is 4.09. The second-order valence-electron chi connectivity index (χ2n) is 8.07. The van der Waals surface area contributed by atoms with Crippen LogP contribution in [0, 0.1) is 6.92 Å². The molecule has 0 aliphatic carbocycles. The highest BCUT2D eigenvalue weighted by Gasteiger charge is 2.37. The summed E-state index contributed by atoms with van der Waals surface area (Å²) < 4.78 is 11.3. The Hall–Kier alpha value is -2.83. The van der Waals surface area contributed by atoms with Gasteiger partial charge in [0.25, 0.3) is 5.91 Å². The molecule has 0 radical (unpaired) electrons. The molecule has 6 heteroatoms. The molecule has 1 amide bonds. The van der Waals surface area contributed by atoms with E-state index in [0.29, 0.717) is 25.3 Å². The van der Waals surface area contributed by atoms with Gasteiger partial charge in [0.05, 0.1) is 7.11 Å². The van der Waals surface area contributed by atoms with Gasteiger partial charge in [0.1, 0.15) is 10.8 Å². The first kappa shape index (κ1) is 22.4. The van der Waals surface area contributed by atoms with Crippen LogP contribution in [0.1, 0.15) is 34.3 Å². The molecule has 1 aliphatic heterocycles. The van der Waals surface area contributed by atoms with Gasteiger partial charge in [-0.05, 0) is 62.2 Å². The third-order valence-electron chi connectivity index (χ3n) is 5.94. The molecule has 2 heterocycles. The Morgan fingerprint density at radius 1 is 1.12 bits per heavy atom. The van der Waals surface area contributed by atoms with E-state index in [1.165, 1.54) is 5.56 Å². The zero-order valence-electron chi connectivity index (χ0n) is 18.5. The van der Waals surface area contributed by atoms with Gasteiger partial charge in [-0.3, -0.25) is 4.79 Å². The maximum Gasteiger partial charge on any atom is 0.251 e. The first-order valence-electron chi connectivity index (χ1n) is 10.8. The molecule has 0 unspecified atom stereocenters.